The summed E-state index contributed by atoms with van der Waals surface area (Å²) in [5.74, 6) is 1.22. The van der Waals surface area contributed by atoms with E-state index in [2.05, 4.69) is 11.4 Å². The predicted molar refractivity (Wildman–Crippen MR) is 148 cm³/mol. The van der Waals surface area contributed by atoms with Gasteiger partial charge >= 0.3 is 0 Å². The number of aromatic nitrogens is 2. The van der Waals surface area contributed by atoms with Crippen molar-refractivity contribution in [2.24, 2.45) is 0 Å². The van der Waals surface area contributed by atoms with Gasteiger partial charge in [-0.1, -0.05) is 29.5 Å². The van der Waals surface area contributed by atoms with Crippen molar-refractivity contribution in [3.63, 3.8) is 0 Å². The van der Waals surface area contributed by atoms with E-state index in [9.17, 15) is 9.59 Å². The molecule has 7 nitrogen and oxygen atoms in total. The highest BCUT2D eigenvalue weighted by atomic mass is 32.2. The topological polar surface area (TPSA) is 82.5 Å². The molecule has 1 amide bonds. The van der Waals surface area contributed by atoms with E-state index < -0.39 is 0 Å². The Kier molecular flexibility index (Phi) is 6.42. The van der Waals surface area contributed by atoms with Crippen molar-refractivity contribution in [1.29, 1.82) is 0 Å². The maximum absolute atomic E-state index is 14.0. The van der Waals surface area contributed by atoms with E-state index in [-0.39, 0.29) is 17.2 Å². The van der Waals surface area contributed by atoms with Crippen molar-refractivity contribution in [3.05, 3.63) is 68.3 Å². The van der Waals surface area contributed by atoms with Gasteiger partial charge in [0, 0.05) is 16.6 Å². The Morgan fingerprint density at radius 2 is 1.89 bits per heavy atom. The molecule has 6 rings (SSSR count). The van der Waals surface area contributed by atoms with Crippen molar-refractivity contribution in [1.82, 2.24) is 9.55 Å². The number of anilines is 1. The second-order valence-corrected chi connectivity index (χ2v) is 11.4. The number of rotatable bonds is 5. The molecule has 190 valence electrons. The van der Waals surface area contributed by atoms with Crippen molar-refractivity contribution >= 4 is 44.9 Å². The number of thioether (sulfide) groups is 1. The molecule has 1 N–H and O–H groups in total. The first-order valence-corrected chi connectivity index (χ1v) is 14.3. The van der Waals surface area contributed by atoms with Crippen LogP contribution in [0.15, 0.2) is 46.3 Å². The molecule has 2 aliphatic rings. The van der Waals surface area contributed by atoms with Gasteiger partial charge in [0.05, 0.1) is 16.8 Å². The number of aryl methyl sites for hydroxylation is 4. The van der Waals surface area contributed by atoms with Gasteiger partial charge in [-0.15, -0.1) is 11.3 Å². The lowest BCUT2D eigenvalue weighted by molar-refractivity contribution is -0.113. The smallest absolute Gasteiger partial charge is 0.267 e. The van der Waals surface area contributed by atoms with Gasteiger partial charge in [-0.05, 0) is 68.9 Å². The summed E-state index contributed by atoms with van der Waals surface area (Å²) in [6, 6.07) is 11.4. The summed E-state index contributed by atoms with van der Waals surface area (Å²) in [5.41, 5.74) is 4.67. The molecular formula is C28H27N3O4S2. The zero-order valence-electron chi connectivity index (χ0n) is 20.8. The number of carbonyl (C=O) groups excluding carboxylic acids is 1. The molecule has 0 radical (unpaired) electrons. The van der Waals surface area contributed by atoms with Crippen LogP contribution < -0.4 is 20.3 Å². The molecule has 9 heteroatoms. The first-order valence-electron chi connectivity index (χ1n) is 12.4. The van der Waals surface area contributed by atoms with Crippen molar-refractivity contribution in [2.75, 3.05) is 24.3 Å². The van der Waals surface area contributed by atoms with Crippen LogP contribution in [0.4, 0.5) is 5.69 Å². The third-order valence-corrected chi connectivity index (χ3v) is 8.83. The largest absolute Gasteiger partial charge is 0.486 e. The molecule has 1 aliphatic carbocycles. The van der Waals surface area contributed by atoms with E-state index in [1.807, 2.05) is 26.0 Å². The highest BCUT2D eigenvalue weighted by Gasteiger charge is 2.24. The molecule has 0 fully saturated rings. The molecule has 3 heterocycles. The summed E-state index contributed by atoms with van der Waals surface area (Å²) in [5, 5.41) is 4.19. The van der Waals surface area contributed by atoms with Gasteiger partial charge in [-0.3, -0.25) is 14.2 Å². The first-order chi connectivity index (χ1) is 18.0. The molecule has 4 aromatic rings. The summed E-state index contributed by atoms with van der Waals surface area (Å²) in [6.07, 6.45) is 4.16. The van der Waals surface area contributed by atoms with E-state index in [0.717, 1.165) is 58.3 Å². The zero-order valence-corrected chi connectivity index (χ0v) is 22.4. The van der Waals surface area contributed by atoms with E-state index in [1.54, 1.807) is 34.1 Å². The Bertz CT molecular complexity index is 1590. The summed E-state index contributed by atoms with van der Waals surface area (Å²) < 4.78 is 12.9. The molecule has 2 aromatic carbocycles. The fourth-order valence-electron chi connectivity index (χ4n) is 5.00. The summed E-state index contributed by atoms with van der Waals surface area (Å²) in [6.45, 7) is 5.04. The standard InChI is InChI=1S/C28H27N3O4S2/c1-16-7-9-20(17(2)13-16)31-27(33)25-19-5-3-4-6-23(19)37-26(25)30-28(31)36-15-24(32)29-18-8-10-21-22(14-18)35-12-11-34-21/h7-10,13-14H,3-6,11-12,15H2,1-2H3,(H,29,32). The van der Waals surface area contributed by atoms with Gasteiger partial charge in [-0.2, -0.15) is 0 Å². The minimum atomic E-state index is -0.186. The second-order valence-electron chi connectivity index (χ2n) is 9.41. The fraction of sp³-hybridized carbons (Fsp3) is 0.321. The van der Waals surface area contributed by atoms with E-state index in [1.165, 1.54) is 16.6 Å². The van der Waals surface area contributed by atoms with Gasteiger partial charge in [0.15, 0.2) is 16.7 Å². The second kappa shape index (κ2) is 9.87. The quantitative estimate of drug-likeness (QED) is 0.272. The molecule has 0 unspecified atom stereocenters. The van der Waals surface area contributed by atoms with Crippen LogP contribution in [0.3, 0.4) is 0 Å². The van der Waals surface area contributed by atoms with Crippen LogP contribution >= 0.6 is 23.1 Å². The van der Waals surface area contributed by atoms with Crippen LogP contribution in [0.5, 0.6) is 11.5 Å². The molecule has 37 heavy (non-hydrogen) atoms. The maximum atomic E-state index is 14.0. The van der Waals surface area contributed by atoms with E-state index in [4.69, 9.17) is 14.5 Å². The number of ether oxygens (including phenoxy) is 2. The molecule has 0 bridgehead atoms. The number of benzene rings is 2. The third-order valence-electron chi connectivity index (χ3n) is 6.71. The fourth-order valence-corrected chi connectivity index (χ4v) is 7.11. The average Bonchev–Trinajstić information content (AvgIpc) is 3.27. The minimum absolute atomic E-state index is 0.0499. The normalized spacial score (nSPS) is 14.4. The lowest BCUT2D eigenvalue weighted by Gasteiger charge is -2.19. The molecule has 2 aromatic heterocycles. The average molecular weight is 534 g/mol. The summed E-state index contributed by atoms with van der Waals surface area (Å²) in [4.78, 5) is 33.9. The number of thiophene rings is 1. The summed E-state index contributed by atoms with van der Waals surface area (Å²) in [7, 11) is 0. The molecule has 1 aliphatic heterocycles. The Morgan fingerprint density at radius 1 is 1.08 bits per heavy atom. The Balaban J connectivity index is 1.34. The molecule has 0 saturated carbocycles. The number of carbonyl (C=O) groups is 1. The highest BCUT2D eigenvalue weighted by molar-refractivity contribution is 7.99. The number of nitrogens with zero attached hydrogens (tertiary/aromatic N) is 2. The van der Waals surface area contributed by atoms with Gasteiger partial charge < -0.3 is 14.8 Å². The number of hydrogen-bond acceptors (Lipinski definition) is 7. The van der Waals surface area contributed by atoms with Gasteiger partial charge in [0.1, 0.15) is 18.0 Å². The predicted octanol–water partition coefficient (Wildman–Crippen LogP) is 5.44. The van der Waals surface area contributed by atoms with Crippen molar-refractivity contribution in [3.8, 4) is 17.2 Å². The maximum Gasteiger partial charge on any atom is 0.267 e. The van der Waals surface area contributed by atoms with Crippen molar-refractivity contribution in [2.45, 2.75) is 44.7 Å². The van der Waals surface area contributed by atoms with Crippen LogP contribution in [0.1, 0.15) is 34.4 Å². The van der Waals surface area contributed by atoms with Crippen LogP contribution in [-0.2, 0) is 17.6 Å². The summed E-state index contributed by atoms with van der Waals surface area (Å²) >= 11 is 2.90. The van der Waals surface area contributed by atoms with Gasteiger partial charge in [0.25, 0.3) is 5.56 Å². The lowest BCUT2D eigenvalue weighted by atomic mass is 9.97. The SMILES string of the molecule is Cc1ccc(-n2c(SCC(=O)Nc3ccc4c(c3)OCCO4)nc3sc4c(c3c2=O)CCCC4)c(C)c1. The van der Waals surface area contributed by atoms with Crippen LogP contribution in [0.2, 0.25) is 0 Å². The number of fused-ring (bicyclic) bond motifs is 4. The van der Waals surface area contributed by atoms with Gasteiger partial charge in [-0.25, -0.2) is 4.98 Å². The number of amides is 1. The molecule has 0 spiro atoms. The number of hydrogen-bond donors (Lipinski definition) is 1. The van der Waals surface area contributed by atoms with Crippen molar-refractivity contribution < 1.29 is 14.3 Å². The molecular weight excluding hydrogens is 506 g/mol. The zero-order chi connectivity index (χ0) is 25.5. The molecule has 0 atom stereocenters. The monoisotopic (exact) mass is 533 g/mol. The van der Waals surface area contributed by atoms with Crippen LogP contribution in [0, 0.1) is 13.8 Å². The minimum Gasteiger partial charge on any atom is -0.486 e. The van der Waals surface area contributed by atoms with Crippen LogP contribution in [0.25, 0.3) is 15.9 Å². The van der Waals surface area contributed by atoms with E-state index >= 15 is 0 Å². The molecule has 0 saturated heterocycles. The van der Waals surface area contributed by atoms with Crippen LogP contribution in [-0.4, -0.2) is 34.4 Å². The highest BCUT2D eigenvalue weighted by Crippen LogP contribution is 2.36. The lowest BCUT2D eigenvalue weighted by Crippen LogP contribution is -2.24. The van der Waals surface area contributed by atoms with Gasteiger partial charge in [0.2, 0.25) is 5.91 Å². The van der Waals surface area contributed by atoms with E-state index in [0.29, 0.717) is 35.6 Å². The first kappa shape index (κ1) is 24.1. The Morgan fingerprint density at radius 3 is 2.73 bits per heavy atom. The Labute approximate surface area is 222 Å². The third kappa shape index (κ3) is 4.62. The number of nitrogens with one attached hydrogen (secondary N) is 1. The Hall–Kier alpha value is -3.30.